The van der Waals surface area contributed by atoms with Crippen LogP contribution in [0.4, 0.5) is 0 Å². The number of nitrogens with one attached hydrogen (secondary N) is 1. The molecule has 1 aliphatic carbocycles. The summed E-state index contributed by atoms with van der Waals surface area (Å²) in [6.45, 7) is 4.54. The van der Waals surface area contributed by atoms with Crippen LogP contribution < -0.4 is 5.32 Å². The summed E-state index contributed by atoms with van der Waals surface area (Å²) in [5.74, 6) is 1.92. The summed E-state index contributed by atoms with van der Waals surface area (Å²) in [6.07, 6.45) is 5.20. The van der Waals surface area contributed by atoms with Gasteiger partial charge < -0.3 is 14.8 Å². The smallest absolute Gasteiger partial charge is 0.113 e. The first kappa shape index (κ1) is 14.0. The Labute approximate surface area is 113 Å². The number of rotatable bonds is 8. The van der Waals surface area contributed by atoms with Gasteiger partial charge in [0.15, 0.2) is 0 Å². The van der Waals surface area contributed by atoms with Crippen molar-refractivity contribution in [2.24, 2.45) is 0 Å². The minimum Gasteiger partial charge on any atom is -0.468 e. The first-order chi connectivity index (χ1) is 8.61. The van der Waals surface area contributed by atoms with Gasteiger partial charge in [-0.3, -0.25) is 0 Å². The molecule has 2 rings (SSSR count). The van der Waals surface area contributed by atoms with Crippen LogP contribution in [-0.2, 0) is 5.75 Å². The van der Waals surface area contributed by atoms with Crippen LogP contribution in [0.3, 0.4) is 0 Å². The standard InChI is InChI=1S/C14H23NO2S/c1-11(18-9-13-4-3-7-17-13)8-14(2,10-16)15-12-5-6-12/h3-4,7,11-12,15-16H,5-6,8-10H2,1-2H3. The van der Waals surface area contributed by atoms with E-state index in [4.69, 9.17) is 4.42 Å². The van der Waals surface area contributed by atoms with E-state index in [2.05, 4.69) is 19.2 Å². The van der Waals surface area contributed by atoms with Gasteiger partial charge in [0.05, 0.1) is 18.6 Å². The van der Waals surface area contributed by atoms with E-state index in [1.807, 2.05) is 23.9 Å². The van der Waals surface area contributed by atoms with Gasteiger partial charge in [-0.25, -0.2) is 0 Å². The lowest BCUT2D eigenvalue weighted by Crippen LogP contribution is -2.48. The topological polar surface area (TPSA) is 45.4 Å². The van der Waals surface area contributed by atoms with Gasteiger partial charge in [0.1, 0.15) is 5.76 Å². The maximum Gasteiger partial charge on any atom is 0.113 e. The van der Waals surface area contributed by atoms with Crippen LogP contribution in [0.2, 0.25) is 0 Å². The maximum absolute atomic E-state index is 9.57. The van der Waals surface area contributed by atoms with E-state index in [0.29, 0.717) is 11.3 Å². The lowest BCUT2D eigenvalue weighted by Gasteiger charge is -2.31. The Morgan fingerprint density at radius 3 is 2.94 bits per heavy atom. The van der Waals surface area contributed by atoms with Crippen LogP contribution in [0, 0.1) is 0 Å². The monoisotopic (exact) mass is 269 g/mol. The van der Waals surface area contributed by atoms with Crippen molar-refractivity contribution in [2.45, 2.75) is 55.7 Å². The van der Waals surface area contributed by atoms with Crippen LogP contribution in [0.15, 0.2) is 22.8 Å². The van der Waals surface area contributed by atoms with Crippen LogP contribution in [0.25, 0.3) is 0 Å². The first-order valence-electron chi connectivity index (χ1n) is 6.64. The molecule has 102 valence electrons. The van der Waals surface area contributed by atoms with E-state index in [1.54, 1.807) is 6.26 Å². The first-order valence-corrected chi connectivity index (χ1v) is 7.69. The summed E-state index contributed by atoms with van der Waals surface area (Å²) in [7, 11) is 0. The summed E-state index contributed by atoms with van der Waals surface area (Å²) in [6, 6.07) is 4.56. The largest absolute Gasteiger partial charge is 0.468 e. The molecule has 18 heavy (non-hydrogen) atoms. The van der Waals surface area contributed by atoms with Crippen LogP contribution in [0.1, 0.15) is 38.9 Å². The minimum atomic E-state index is -0.142. The molecule has 1 fully saturated rings. The van der Waals surface area contributed by atoms with E-state index in [-0.39, 0.29) is 12.1 Å². The Bertz CT molecular complexity index is 351. The van der Waals surface area contributed by atoms with E-state index < -0.39 is 0 Å². The zero-order chi connectivity index (χ0) is 13.0. The number of aliphatic hydroxyl groups is 1. The molecule has 2 atom stereocenters. The second-order valence-corrected chi connectivity index (χ2v) is 6.97. The van der Waals surface area contributed by atoms with Crippen molar-refractivity contribution in [3.05, 3.63) is 24.2 Å². The summed E-state index contributed by atoms with van der Waals surface area (Å²) in [5.41, 5.74) is -0.142. The van der Waals surface area contributed by atoms with Gasteiger partial charge in [0.2, 0.25) is 0 Å². The number of aliphatic hydroxyl groups excluding tert-OH is 1. The van der Waals surface area contributed by atoms with Crippen molar-refractivity contribution >= 4 is 11.8 Å². The molecule has 1 aromatic rings. The predicted molar refractivity (Wildman–Crippen MR) is 75.7 cm³/mol. The van der Waals surface area contributed by atoms with Crippen molar-refractivity contribution in [3.63, 3.8) is 0 Å². The molecule has 4 heteroatoms. The molecule has 0 aromatic carbocycles. The normalized spacial score (nSPS) is 20.6. The molecule has 2 N–H and O–H groups in total. The Morgan fingerprint density at radius 1 is 1.61 bits per heavy atom. The SMILES string of the molecule is CC(CC(C)(CO)NC1CC1)SCc1ccco1. The van der Waals surface area contributed by atoms with Gasteiger partial charge in [0, 0.05) is 16.8 Å². The number of hydrogen-bond donors (Lipinski definition) is 2. The van der Waals surface area contributed by atoms with Crippen molar-refractivity contribution in [1.29, 1.82) is 0 Å². The average Bonchev–Trinajstić information content (AvgIpc) is 2.98. The highest BCUT2D eigenvalue weighted by molar-refractivity contribution is 7.99. The molecule has 1 saturated carbocycles. The highest BCUT2D eigenvalue weighted by atomic mass is 32.2. The van der Waals surface area contributed by atoms with Gasteiger partial charge in [-0.1, -0.05) is 6.92 Å². The molecule has 2 unspecified atom stereocenters. The highest BCUT2D eigenvalue weighted by Gasteiger charge is 2.33. The molecule has 3 nitrogen and oxygen atoms in total. The number of furan rings is 1. The third-order valence-corrected chi connectivity index (χ3v) is 4.49. The quantitative estimate of drug-likeness (QED) is 0.762. The molecule has 0 bridgehead atoms. The third-order valence-electron chi connectivity index (χ3n) is 3.31. The Kier molecular flexibility index (Phi) is 4.76. The van der Waals surface area contributed by atoms with Crippen molar-refractivity contribution in [1.82, 2.24) is 5.32 Å². The van der Waals surface area contributed by atoms with Crippen molar-refractivity contribution < 1.29 is 9.52 Å². The Balaban J connectivity index is 1.75. The summed E-state index contributed by atoms with van der Waals surface area (Å²) < 4.78 is 5.33. The lowest BCUT2D eigenvalue weighted by atomic mass is 9.97. The van der Waals surface area contributed by atoms with Crippen molar-refractivity contribution in [3.8, 4) is 0 Å². The van der Waals surface area contributed by atoms with Crippen LogP contribution >= 0.6 is 11.8 Å². The van der Waals surface area contributed by atoms with E-state index in [1.165, 1.54) is 12.8 Å². The average molecular weight is 269 g/mol. The summed E-state index contributed by atoms with van der Waals surface area (Å²) >= 11 is 1.88. The zero-order valence-electron chi connectivity index (χ0n) is 11.2. The molecule has 0 aliphatic heterocycles. The second kappa shape index (κ2) is 6.13. The molecule has 0 saturated heterocycles. The summed E-state index contributed by atoms with van der Waals surface area (Å²) in [4.78, 5) is 0. The molecule has 0 spiro atoms. The van der Waals surface area contributed by atoms with Gasteiger partial charge in [-0.2, -0.15) is 11.8 Å². The number of hydrogen-bond acceptors (Lipinski definition) is 4. The molecule has 0 amide bonds. The Morgan fingerprint density at radius 2 is 2.39 bits per heavy atom. The highest BCUT2D eigenvalue weighted by Crippen LogP contribution is 2.28. The van der Waals surface area contributed by atoms with E-state index in [0.717, 1.165) is 17.9 Å². The molecule has 1 aromatic heterocycles. The fourth-order valence-electron chi connectivity index (χ4n) is 2.20. The lowest BCUT2D eigenvalue weighted by molar-refractivity contribution is 0.164. The predicted octanol–water partition coefficient (Wildman–Crippen LogP) is 2.79. The van der Waals surface area contributed by atoms with Gasteiger partial charge >= 0.3 is 0 Å². The second-order valence-electron chi connectivity index (χ2n) is 5.54. The Hall–Kier alpha value is -0.450. The van der Waals surface area contributed by atoms with Gasteiger partial charge in [-0.15, -0.1) is 0 Å². The molecule has 0 radical (unpaired) electrons. The third kappa shape index (κ3) is 4.34. The van der Waals surface area contributed by atoms with E-state index >= 15 is 0 Å². The van der Waals surface area contributed by atoms with Crippen LogP contribution in [0.5, 0.6) is 0 Å². The molecule has 1 aliphatic rings. The minimum absolute atomic E-state index is 0.142. The fraction of sp³-hybridized carbons (Fsp3) is 0.714. The van der Waals surface area contributed by atoms with Crippen molar-refractivity contribution in [2.75, 3.05) is 6.61 Å². The fourth-order valence-corrected chi connectivity index (χ4v) is 3.30. The summed E-state index contributed by atoms with van der Waals surface area (Å²) in [5, 5.41) is 13.6. The zero-order valence-corrected chi connectivity index (χ0v) is 12.0. The molecular weight excluding hydrogens is 246 g/mol. The van der Waals surface area contributed by atoms with Gasteiger partial charge in [0.25, 0.3) is 0 Å². The van der Waals surface area contributed by atoms with Gasteiger partial charge in [-0.05, 0) is 38.3 Å². The van der Waals surface area contributed by atoms with Crippen LogP contribution in [-0.4, -0.2) is 28.5 Å². The van der Waals surface area contributed by atoms with E-state index in [9.17, 15) is 5.11 Å². The number of thioether (sulfide) groups is 1. The maximum atomic E-state index is 9.57. The molecule has 1 heterocycles. The molecular formula is C14H23NO2S.